The number of halogens is 2. The van der Waals surface area contributed by atoms with Crippen LogP contribution in [0.15, 0.2) is 12.1 Å². The van der Waals surface area contributed by atoms with Gasteiger partial charge in [0.15, 0.2) is 0 Å². The number of nitrogens with zero attached hydrogens (tertiary/aromatic N) is 2. The lowest BCUT2D eigenvalue weighted by molar-refractivity contribution is 0.753. The SMILES string of the molecule is CCn1c(C)nc2cc(I)c(Cl)cc21. The molecule has 14 heavy (non-hydrogen) atoms. The van der Waals surface area contributed by atoms with Gasteiger partial charge in [-0.2, -0.15) is 0 Å². The number of rotatable bonds is 1. The van der Waals surface area contributed by atoms with Crippen LogP contribution in [0.2, 0.25) is 5.02 Å². The highest BCUT2D eigenvalue weighted by molar-refractivity contribution is 14.1. The van der Waals surface area contributed by atoms with Crippen LogP contribution < -0.4 is 0 Å². The first-order valence-electron chi connectivity index (χ1n) is 4.45. The quantitative estimate of drug-likeness (QED) is 0.734. The standard InChI is InChI=1S/C10H10ClIN2/c1-3-14-6(2)13-9-5-8(12)7(11)4-10(9)14/h4-5H,3H2,1-2H3. The minimum absolute atomic E-state index is 0.799. The number of hydrogen-bond acceptors (Lipinski definition) is 1. The monoisotopic (exact) mass is 320 g/mol. The van der Waals surface area contributed by atoms with E-state index in [1.54, 1.807) is 0 Å². The second-order valence-electron chi connectivity index (χ2n) is 3.16. The van der Waals surface area contributed by atoms with Crippen molar-refractivity contribution < 1.29 is 0 Å². The van der Waals surface area contributed by atoms with Crippen molar-refractivity contribution in [2.75, 3.05) is 0 Å². The summed E-state index contributed by atoms with van der Waals surface area (Å²) in [6, 6.07) is 4.01. The number of aromatic nitrogens is 2. The van der Waals surface area contributed by atoms with Crippen LogP contribution in [0.4, 0.5) is 0 Å². The summed E-state index contributed by atoms with van der Waals surface area (Å²) in [5, 5.41) is 0.799. The van der Waals surface area contributed by atoms with E-state index in [1.807, 2.05) is 19.1 Å². The lowest BCUT2D eigenvalue weighted by atomic mass is 10.3. The lowest BCUT2D eigenvalue weighted by Gasteiger charge is -2.02. The Bertz CT molecular complexity index is 490. The molecule has 1 aromatic heterocycles. The molecule has 4 heteroatoms. The average molecular weight is 321 g/mol. The Morgan fingerprint density at radius 3 is 2.86 bits per heavy atom. The molecule has 0 fully saturated rings. The Morgan fingerprint density at radius 1 is 1.50 bits per heavy atom. The average Bonchev–Trinajstić information content (AvgIpc) is 2.42. The summed E-state index contributed by atoms with van der Waals surface area (Å²) >= 11 is 8.30. The Balaban J connectivity index is 2.82. The molecule has 2 rings (SSSR count). The topological polar surface area (TPSA) is 17.8 Å². The first-order chi connectivity index (χ1) is 6.63. The molecule has 0 bridgehead atoms. The molecular formula is C10H10ClIN2. The van der Waals surface area contributed by atoms with E-state index in [-0.39, 0.29) is 0 Å². The van der Waals surface area contributed by atoms with E-state index in [9.17, 15) is 0 Å². The molecule has 0 N–H and O–H groups in total. The number of imidazole rings is 1. The van der Waals surface area contributed by atoms with E-state index < -0.39 is 0 Å². The molecule has 1 heterocycles. The molecule has 0 aliphatic carbocycles. The highest BCUT2D eigenvalue weighted by atomic mass is 127. The third-order valence-corrected chi connectivity index (χ3v) is 3.82. The van der Waals surface area contributed by atoms with Gasteiger partial charge >= 0.3 is 0 Å². The fourth-order valence-corrected chi connectivity index (χ4v) is 2.25. The molecule has 2 nitrogen and oxygen atoms in total. The molecule has 1 aromatic carbocycles. The molecule has 74 valence electrons. The maximum atomic E-state index is 6.08. The van der Waals surface area contributed by atoms with Crippen molar-refractivity contribution in [3.63, 3.8) is 0 Å². The van der Waals surface area contributed by atoms with Crippen molar-refractivity contribution >= 4 is 45.2 Å². The summed E-state index contributed by atoms with van der Waals surface area (Å²) in [7, 11) is 0. The molecule has 0 aliphatic rings. The van der Waals surface area contributed by atoms with Gasteiger partial charge in [0.1, 0.15) is 5.82 Å². The molecule has 0 unspecified atom stereocenters. The fourth-order valence-electron chi connectivity index (χ4n) is 1.64. The summed E-state index contributed by atoms with van der Waals surface area (Å²) in [5.74, 6) is 1.04. The zero-order valence-electron chi connectivity index (χ0n) is 8.01. The van der Waals surface area contributed by atoms with E-state index >= 15 is 0 Å². The van der Waals surface area contributed by atoms with Gasteiger partial charge in [-0.05, 0) is 48.6 Å². The van der Waals surface area contributed by atoms with Gasteiger partial charge in [0, 0.05) is 10.1 Å². The number of benzene rings is 1. The number of fused-ring (bicyclic) bond motifs is 1. The molecule has 0 amide bonds. The highest BCUT2D eigenvalue weighted by Gasteiger charge is 2.08. The Labute approximate surface area is 101 Å². The molecule has 0 radical (unpaired) electrons. The van der Waals surface area contributed by atoms with E-state index in [4.69, 9.17) is 11.6 Å². The van der Waals surface area contributed by atoms with Gasteiger partial charge in [0.25, 0.3) is 0 Å². The van der Waals surface area contributed by atoms with Crippen LogP contribution in [-0.4, -0.2) is 9.55 Å². The summed E-state index contributed by atoms with van der Waals surface area (Å²) in [5.41, 5.74) is 2.15. The second kappa shape index (κ2) is 3.70. The van der Waals surface area contributed by atoms with Crippen molar-refractivity contribution in [2.24, 2.45) is 0 Å². The van der Waals surface area contributed by atoms with Crippen LogP contribution in [-0.2, 0) is 6.54 Å². The van der Waals surface area contributed by atoms with Gasteiger partial charge in [-0.1, -0.05) is 11.6 Å². The third-order valence-electron chi connectivity index (χ3n) is 2.30. The van der Waals surface area contributed by atoms with Crippen LogP contribution >= 0.6 is 34.2 Å². The number of aryl methyl sites for hydroxylation is 2. The van der Waals surface area contributed by atoms with Gasteiger partial charge in [0.2, 0.25) is 0 Å². The van der Waals surface area contributed by atoms with Gasteiger partial charge in [0.05, 0.1) is 16.1 Å². The van der Waals surface area contributed by atoms with Crippen molar-refractivity contribution in [3.8, 4) is 0 Å². The maximum absolute atomic E-state index is 6.08. The fraction of sp³-hybridized carbons (Fsp3) is 0.300. The molecule has 0 spiro atoms. The Morgan fingerprint density at radius 2 is 2.21 bits per heavy atom. The molecular weight excluding hydrogens is 310 g/mol. The largest absolute Gasteiger partial charge is 0.328 e. The van der Waals surface area contributed by atoms with Crippen LogP contribution in [0.5, 0.6) is 0 Å². The summed E-state index contributed by atoms with van der Waals surface area (Å²) < 4.78 is 3.22. The predicted molar refractivity (Wildman–Crippen MR) is 67.9 cm³/mol. The second-order valence-corrected chi connectivity index (χ2v) is 4.73. The van der Waals surface area contributed by atoms with Crippen molar-refractivity contribution in [2.45, 2.75) is 20.4 Å². The van der Waals surface area contributed by atoms with Crippen LogP contribution in [0.3, 0.4) is 0 Å². The van der Waals surface area contributed by atoms with Gasteiger partial charge in [-0.3, -0.25) is 0 Å². The smallest absolute Gasteiger partial charge is 0.106 e. The normalized spacial score (nSPS) is 11.1. The molecule has 0 saturated carbocycles. The van der Waals surface area contributed by atoms with Gasteiger partial charge < -0.3 is 4.57 Å². The summed E-state index contributed by atoms with van der Waals surface area (Å²) in [6.07, 6.45) is 0. The highest BCUT2D eigenvalue weighted by Crippen LogP contribution is 2.25. The maximum Gasteiger partial charge on any atom is 0.106 e. The van der Waals surface area contributed by atoms with E-state index in [0.717, 1.165) is 32.0 Å². The minimum atomic E-state index is 0.799. The first kappa shape index (κ1) is 10.2. The first-order valence-corrected chi connectivity index (χ1v) is 5.91. The van der Waals surface area contributed by atoms with Crippen molar-refractivity contribution in [1.29, 1.82) is 0 Å². The van der Waals surface area contributed by atoms with E-state index in [0.29, 0.717) is 0 Å². The van der Waals surface area contributed by atoms with E-state index in [2.05, 4.69) is 39.1 Å². The molecule has 2 aromatic rings. The Hall–Kier alpha value is -0.290. The van der Waals surface area contributed by atoms with E-state index in [1.165, 1.54) is 0 Å². The van der Waals surface area contributed by atoms with Crippen LogP contribution in [0, 0.1) is 10.5 Å². The zero-order valence-corrected chi connectivity index (χ0v) is 10.9. The molecule has 0 atom stereocenters. The van der Waals surface area contributed by atoms with Gasteiger partial charge in [-0.15, -0.1) is 0 Å². The predicted octanol–water partition coefficient (Wildman–Crippen LogP) is 3.62. The summed E-state index contributed by atoms with van der Waals surface area (Å²) in [6.45, 7) is 5.06. The van der Waals surface area contributed by atoms with Gasteiger partial charge in [-0.25, -0.2) is 4.98 Å². The molecule has 0 aliphatic heterocycles. The van der Waals surface area contributed by atoms with Crippen LogP contribution in [0.1, 0.15) is 12.7 Å². The van der Waals surface area contributed by atoms with Crippen LogP contribution in [0.25, 0.3) is 11.0 Å². The zero-order chi connectivity index (χ0) is 10.3. The Kier molecular flexibility index (Phi) is 2.70. The lowest BCUT2D eigenvalue weighted by Crippen LogP contribution is -1.96. The minimum Gasteiger partial charge on any atom is -0.328 e. The third kappa shape index (κ3) is 1.52. The van der Waals surface area contributed by atoms with Crippen molar-refractivity contribution in [3.05, 3.63) is 26.5 Å². The number of hydrogen-bond donors (Lipinski definition) is 0. The molecule has 0 saturated heterocycles. The summed E-state index contributed by atoms with van der Waals surface area (Å²) in [4.78, 5) is 4.49. The van der Waals surface area contributed by atoms with Crippen molar-refractivity contribution in [1.82, 2.24) is 9.55 Å².